The van der Waals surface area contributed by atoms with E-state index in [2.05, 4.69) is 0 Å². The van der Waals surface area contributed by atoms with Crippen molar-refractivity contribution in [2.75, 3.05) is 17.7 Å². The number of carbonyl (C=O) groups excluding carboxylic acids is 2. The predicted octanol–water partition coefficient (Wildman–Crippen LogP) is -0.366. The highest BCUT2D eigenvalue weighted by Crippen LogP contribution is 2.34. The van der Waals surface area contributed by atoms with Crippen LogP contribution in [0, 0.1) is 5.92 Å². The van der Waals surface area contributed by atoms with E-state index in [0.29, 0.717) is 0 Å². The van der Waals surface area contributed by atoms with Crippen molar-refractivity contribution in [2.24, 2.45) is 11.7 Å². The number of carbonyl (C=O) groups is 2. The van der Waals surface area contributed by atoms with E-state index in [-0.39, 0.29) is 35.2 Å². The highest BCUT2D eigenvalue weighted by atomic mass is 32.2. The fourth-order valence-corrected chi connectivity index (χ4v) is 2.72. The smallest absolute Gasteiger partial charge is 0.227 e. The molecule has 1 aliphatic heterocycles. The van der Waals surface area contributed by atoms with Crippen molar-refractivity contribution in [3.8, 4) is 5.75 Å². The van der Waals surface area contributed by atoms with Gasteiger partial charge in [-0.3, -0.25) is 9.59 Å². The lowest BCUT2D eigenvalue weighted by Crippen LogP contribution is -2.28. The highest BCUT2D eigenvalue weighted by molar-refractivity contribution is 7.90. The SMILES string of the molecule is CS(=O)(=O)c1ccc(O)c(N2CC(C(N)=O)CC2=O)c1. The molecule has 0 saturated carbocycles. The van der Waals surface area contributed by atoms with Crippen molar-refractivity contribution in [3.05, 3.63) is 18.2 Å². The Morgan fingerprint density at radius 3 is 2.60 bits per heavy atom. The Bertz CT molecular complexity index is 683. The highest BCUT2D eigenvalue weighted by Gasteiger charge is 2.35. The average Bonchev–Trinajstić information content (AvgIpc) is 2.70. The zero-order valence-electron chi connectivity index (χ0n) is 10.7. The minimum Gasteiger partial charge on any atom is -0.506 e. The lowest BCUT2D eigenvalue weighted by atomic mass is 10.1. The number of primary amides is 1. The molecule has 0 spiro atoms. The minimum atomic E-state index is -3.46. The second-order valence-electron chi connectivity index (χ2n) is 4.73. The molecule has 0 aliphatic carbocycles. The van der Waals surface area contributed by atoms with Gasteiger partial charge in [-0.05, 0) is 18.2 Å². The maximum absolute atomic E-state index is 11.9. The summed E-state index contributed by atoms with van der Waals surface area (Å²) in [5, 5.41) is 9.80. The molecule has 0 aromatic heterocycles. The van der Waals surface area contributed by atoms with E-state index in [9.17, 15) is 23.1 Å². The van der Waals surface area contributed by atoms with E-state index >= 15 is 0 Å². The van der Waals surface area contributed by atoms with Crippen LogP contribution in [-0.2, 0) is 19.4 Å². The van der Waals surface area contributed by atoms with Crippen LogP contribution in [0.2, 0.25) is 0 Å². The van der Waals surface area contributed by atoms with Crippen molar-refractivity contribution >= 4 is 27.3 Å². The van der Waals surface area contributed by atoms with Gasteiger partial charge in [0.1, 0.15) is 5.75 Å². The zero-order chi connectivity index (χ0) is 15.1. The first-order chi connectivity index (χ1) is 9.20. The quantitative estimate of drug-likeness (QED) is 0.789. The standard InChI is InChI=1S/C12H14N2O5S/c1-20(18,19)8-2-3-10(15)9(5-8)14-6-7(12(13)17)4-11(14)16/h2-3,5,7,15H,4,6H2,1H3,(H2,13,17). The third kappa shape index (κ3) is 2.60. The molecule has 1 saturated heterocycles. The summed E-state index contributed by atoms with van der Waals surface area (Å²) < 4.78 is 23.0. The Morgan fingerprint density at radius 1 is 1.45 bits per heavy atom. The maximum Gasteiger partial charge on any atom is 0.227 e. The molecule has 1 aromatic rings. The molecule has 1 atom stereocenters. The van der Waals surface area contributed by atoms with Crippen LogP contribution in [0.15, 0.2) is 23.1 Å². The Balaban J connectivity index is 2.43. The van der Waals surface area contributed by atoms with E-state index < -0.39 is 21.7 Å². The topological polar surface area (TPSA) is 118 Å². The molecule has 0 bridgehead atoms. The van der Waals surface area contributed by atoms with Crippen molar-refractivity contribution in [1.82, 2.24) is 0 Å². The van der Waals surface area contributed by atoms with Crippen LogP contribution in [-0.4, -0.2) is 38.1 Å². The van der Waals surface area contributed by atoms with E-state index in [4.69, 9.17) is 5.73 Å². The number of rotatable bonds is 3. The van der Waals surface area contributed by atoms with Gasteiger partial charge in [0.15, 0.2) is 9.84 Å². The van der Waals surface area contributed by atoms with Crippen LogP contribution in [0.3, 0.4) is 0 Å². The molecule has 3 N–H and O–H groups in total. The first-order valence-corrected chi connectivity index (χ1v) is 7.72. The lowest BCUT2D eigenvalue weighted by molar-refractivity contribution is -0.123. The summed E-state index contributed by atoms with van der Waals surface area (Å²) in [5.41, 5.74) is 5.23. The van der Waals surface area contributed by atoms with E-state index in [1.54, 1.807) is 0 Å². The van der Waals surface area contributed by atoms with Crippen LogP contribution < -0.4 is 10.6 Å². The number of nitrogens with two attached hydrogens (primary N) is 1. The average molecular weight is 298 g/mol. The van der Waals surface area contributed by atoms with Gasteiger partial charge in [-0.25, -0.2) is 8.42 Å². The van der Waals surface area contributed by atoms with Gasteiger partial charge < -0.3 is 15.7 Å². The van der Waals surface area contributed by atoms with E-state index in [0.717, 1.165) is 6.26 Å². The molecule has 7 nitrogen and oxygen atoms in total. The number of hydrogen-bond donors (Lipinski definition) is 2. The fourth-order valence-electron chi connectivity index (χ4n) is 2.08. The molecule has 1 heterocycles. The van der Waals surface area contributed by atoms with Crippen molar-refractivity contribution in [1.29, 1.82) is 0 Å². The number of aromatic hydroxyl groups is 1. The molecule has 2 rings (SSSR count). The Labute approximate surface area is 115 Å². The predicted molar refractivity (Wildman–Crippen MR) is 70.9 cm³/mol. The molecule has 0 radical (unpaired) electrons. The number of phenols is 1. The van der Waals surface area contributed by atoms with Gasteiger partial charge in [0.05, 0.1) is 16.5 Å². The van der Waals surface area contributed by atoms with Crippen LogP contribution in [0.25, 0.3) is 0 Å². The first kappa shape index (κ1) is 14.3. The Kier molecular flexibility index (Phi) is 3.43. The fraction of sp³-hybridized carbons (Fsp3) is 0.333. The number of nitrogens with zero attached hydrogens (tertiary/aromatic N) is 1. The number of sulfone groups is 1. The molecule has 1 aliphatic rings. The van der Waals surface area contributed by atoms with Gasteiger partial charge in [0.2, 0.25) is 11.8 Å². The molecule has 2 amide bonds. The van der Waals surface area contributed by atoms with E-state index in [1.165, 1.54) is 23.1 Å². The summed E-state index contributed by atoms with van der Waals surface area (Å²) >= 11 is 0. The molecule has 1 aromatic carbocycles. The minimum absolute atomic E-state index is 0.0133. The largest absolute Gasteiger partial charge is 0.506 e. The van der Waals surface area contributed by atoms with Crippen LogP contribution in [0.5, 0.6) is 5.75 Å². The zero-order valence-corrected chi connectivity index (χ0v) is 11.6. The van der Waals surface area contributed by atoms with E-state index in [1.807, 2.05) is 0 Å². The van der Waals surface area contributed by atoms with Gasteiger partial charge in [-0.15, -0.1) is 0 Å². The third-order valence-corrected chi connectivity index (χ3v) is 4.30. The van der Waals surface area contributed by atoms with Crippen LogP contribution in [0.4, 0.5) is 5.69 Å². The van der Waals surface area contributed by atoms with Crippen LogP contribution >= 0.6 is 0 Å². The molecule has 20 heavy (non-hydrogen) atoms. The van der Waals surface area contributed by atoms with Gasteiger partial charge in [-0.1, -0.05) is 0 Å². The van der Waals surface area contributed by atoms with Crippen molar-refractivity contribution in [2.45, 2.75) is 11.3 Å². The molecule has 108 valence electrons. The van der Waals surface area contributed by atoms with Crippen molar-refractivity contribution < 1.29 is 23.1 Å². The summed E-state index contributed by atoms with van der Waals surface area (Å²) in [6, 6.07) is 3.67. The maximum atomic E-state index is 11.9. The summed E-state index contributed by atoms with van der Waals surface area (Å²) in [7, 11) is -3.46. The number of anilines is 1. The summed E-state index contributed by atoms with van der Waals surface area (Å²) in [4.78, 5) is 24.1. The van der Waals surface area contributed by atoms with Gasteiger partial charge in [0, 0.05) is 19.2 Å². The molecular weight excluding hydrogens is 284 g/mol. The number of benzene rings is 1. The second-order valence-corrected chi connectivity index (χ2v) is 6.75. The first-order valence-electron chi connectivity index (χ1n) is 5.83. The normalized spacial score (nSPS) is 19.4. The monoisotopic (exact) mass is 298 g/mol. The van der Waals surface area contributed by atoms with Crippen LogP contribution in [0.1, 0.15) is 6.42 Å². The molecule has 8 heteroatoms. The molecule has 1 unspecified atom stereocenters. The Morgan fingerprint density at radius 2 is 2.10 bits per heavy atom. The Hall–Kier alpha value is -2.09. The summed E-state index contributed by atoms with van der Waals surface area (Å²) in [6.45, 7) is 0.0366. The lowest BCUT2D eigenvalue weighted by Gasteiger charge is -2.18. The van der Waals surface area contributed by atoms with Gasteiger partial charge in [0.25, 0.3) is 0 Å². The molecular formula is C12H14N2O5S. The molecule has 1 fully saturated rings. The summed E-state index contributed by atoms with van der Waals surface area (Å²) in [6.07, 6.45) is 0.985. The third-order valence-electron chi connectivity index (χ3n) is 3.19. The number of phenolic OH excluding ortho intramolecular Hbond substituents is 1. The second kappa shape index (κ2) is 4.78. The number of amides is 2. The number of hydrogen-bond acceptors (Lipinski definition) is 5. The van der Waals surface area contributed by atoms with Gasteiger partial charge in [-0.2, -0.15) is 0 Å². The van der Waals surface area contributed by atoms with Crippen molar-refractivity contribution in [3.63, 3.8) is 0 Å². The summed E-state index contributed by atoms with van der Waals surface area (Å²) in [5.74, 6) is -1.84. The van der Waals surface area contributed by atoms with Gasteiger partial charge >= 0.3 is 0 Å².